The van der Waals surface area contributed by atoms with E-state index in [9.17, 15) is 8.42 Å². The molecule has 112 valence electrons. The average Bonchev–Trinajstić information content (AvgIpc) is 2.65. The highest BCUT2D eigenvalue weighted by molar-refractivity contribution is 7.91. The van der Waals surface area contributed by atoms with E-state index in [4.69, 9.17) is 0 Å². The summed E-state index contributed by atoms with van der Waals surface area (Å²) in [6.07, 6.45) is 4.72. The summed E-state index contributed by atoms with van der Waals surface area (Å²) in [7, 11) is -2.76. The number of hydrogen-bond acceptors (Lipinski definition) is 3. The van der Waals surface area contributed by atoms with Gasteiger partial charge in [-0.2, -0.15) is 0 Å². The zero-order valence-corrected chi connectivity index (χ0v) is 13.4. The number of sulfone groups is 1. The molecule has 1 saturated heterocycles. The molecular formula is C15H29NO2S. The van der Waals surface area contributed by atoms with Crippen LogP contribution >= 0.6 is 0 Å². The Balaban J connectivity index is 2.07. The maximum absolute atomic E-state index is 11.7. The van der Waals surface area contributed by atoms with E-state index in [-0.39, 0.29) is 0 Å². The third-order valence-electron chi connectivity index (χ3n) is 4.94. The van der Waals surface area contributed by atoms with E-state index in [1.54, 1.807) is 0 Å². The van der Waals surface area contributed by atoms with Crippen molar-refractivity contribution in [3.05, 3.63) is 0 Å². The van der Waals surface area contributed by atoms with Crippen LogP contribution in [0.15, 0.2) is 0 Å². The molecule has 1 saturated carbocycles. The highest BCUT2D eigenvalue weighted by Gasteiger charge is 2.39. The molecule has 0 radical (unpaired) electrons. The van der Waals surface area contributed by atoms with E-state index in [2.05, 4.69) is 26.1 Å². The first-order valence-electron chi connectivity index (χ1n) is 7.85. The zero-order valence-electron chi connectivity index (χ0n) is 12.6. The van der Waals surface area contributed by atoms with Gasteiger partial charge in [0.2, 0.25) is 0 Å². The molecule has 1 aliphatic heterocycles. The molecule has 4 unspecified atom stereocenters. The van der Waals surface area contributed by atoms with Crippen LogP contribution in [0.4, 0.5) is 0 Å². The summed E-state index contributed by atoms with van der Waals surface area (Å²) >= 11 is 0. The molecule has 3 nitrogen and oxygen atoms in total. The molecule has 4 heteroatoms. The van der Waals surface area contributed by atoms with Crippen molar-refractivity contribution >= 4 is 9.84 Å². The number of rotatable bonds is 4. The first kappa shape index (κ1) is 15.3. The van der Waals surface area contributed by atoms with Gasteiger partial charge in [0.1, 0.15) is 0 Å². The summed E-state index contributed by atoms with van der Waals surface area (Å²) in [4.78, 5) is 0. The molecule has 19 heavy (non-hydrogen) atoms. The van der Waals surface area contributed by atoms with Crippen LogP contribution in [0, 0.1) is 23.7 Å². The average molecular weight is 287 g/mol. The molecular weight excluding hydrogens is 258 g/mol. The van der Waals surface area contributed by atoms with Gasteiger partial charge in [-0.25, -0.2) is 8.42 Å². The molecule has 4 atom stereocenters. The first-order chi connectivity index (χ1) is 8.91. The Kier molecular flexibility index (Phi) is 4.93. The summed E-state index contributed by atoms with van der Waals surface area (Å²) in [5, 5.41) is 3.61. The van der Waals surface area contributed by atoms with Crippen LogP contribution in [-0.4, -0.2) is 32.5 Å². The summed E-state index contributed by atoms with van der Waals surface area (Å²) in [6.45, 7) is 7.76. The van der Waals surface area contributed by atoms with Crippen LogP contribution in [0.2, 0.25) is 0 Å². The van der Waals surface area contributed by atoms with Crippen LogP contribution in [-0.2, 0) is 9.84 Å². The molecule has 2 aliphatic rings. The van der Waals surface area contributed by atoms with Gasteiger partial charge >= 0.3 is 0 Å². The monoisotopic (exact) mass is 287 g/mol. The third kappa shape index (κ3) is 3.94. The lowest BCUT2D eigenvalue weighted by Crippen LogP contribution is -2.45. The Morgan fingerprint density at radius 1 is 1.11 bits per heavy atom. The fourth-order valence-electron chi connectivity index (χ4n) is 4.36. The van der Waals surface area contributed by atoms with Gasteiger partial charge in [0.05, 0.1) is 11.5 Å². The lowest BCUT2D eigenvalue weighted by atomic mass is 9.71. The van der Waals surface area contributed by atoms with Crippen molar-refractivity contribution in [3.63, 3.8) is 0 Å². The fourth-order valence-corrected chi connectivity index (χ4v) is 6.22. The predicted molar refractivity (Wildman–Crippen MR) is 79.9 cm³/mol. The summed E-state index contributed by atoms with van der Waals surface area (Å²) < 4.78 is 23.5. The van der Waals surface area contributed by atoms with Gasteiger partial charge in [0.15, 0.2) is 9.84 Å². The van der Waals surface area contributed by atoms with Gasteiger partial charge in [-0.1, -0.05) is 20.8 Å². The third-order valence-corrected chi connectivity index (χ3v) is 6.73. The Labute approximate surface area is 118 Å². The van der Waals surface area contributed by atoms with Gasteiger partial charge in [0, 0.05) is 6.04 Å². The lowest BCUT2D eigenvalue weighted by molar-refractivity contribution is 0.150. The van der Waals surface area contributed by atoms with E-state index in [1.165, 1.54) is 19.3 Å². The maximum Gasteiger partial charge on any atom is 0.150 e. The Morgan fingerprint density at radius 2 is 1.74 bits per heavy atom. The van der Waals surface area contributed by atoms with Crippen LogP contribution in [0.1, 0.15) is 46.5 Å². The highest BCUT2D eigenvalue weighted by Crippen LogP contribution is 2.38. The van der Waals surface area contributed by atoms with Crippen molar-refractivity contribution < 1.29 is 8.42 Å². The Morgan fingerprint density at radius 3 is 2.21 bits per heavy atom. The number of hydrogen-bond donors (Lipinski definition) is 1. The summed E-state index contributed by atoms with van der Waals surface area (Å²) in [6, 6.07) is 0.410. The van der Waals surface area contributed by atoms with Crippen molar-refractivity contribution in [1.82, 2.24) is 5.32 Å². The molecule has 0 amide bonds. The van der Waals surface area contributed by atoms with E-state index in [0.29, 0.717) is 29.4 Å². The smallest absolute Gasteiger partial charge is 0.150 e. The van der Waals surface area contributed by atoms with E-state index < -0.39 is 9.84 Å². The second kappa shape index (κ2) is 6.13. The van der Waals surface area contributed by atoms with Crippen LogP contribution in [0.25, 0.3) is 0 Å². The second-order valence-electron chi connectivity index (χ2n) is 6.92. The highest BCUT2D eigenvalue weighted by atomic mass is 32.2. The normalized spacial score (nSPS) is 40.2. The SMILES string of the molecule is CCNC(C1CC(C)CC(C)C1)C1CCS(=O)(=O)C1. The Bertz CT molecular complexity index is 383. The van der Waals surface area contributed by atoms with Crippen LogP contribution in [0.3, 0.4) is 0 Å². The molecule has 1 N–H and O–H groups in total. The topological polar surface area (TPSA) is 46.2 Å². The van der Waals surface area contributed by atoms with Crippen molar-refractivity contribution in [2.24, 2.45) is 23.7 Å². The zero-order chi connectivity index (χ0) is 14.0. The fraction of sp³-hybridized carbons (Fsp3) is 1.00. The van der Waals surface area contributed by atoms with Crippen LogP contribution in [0.5, 0.6) is 0 Å². The van der Waals surface area contributed by atoms with Crippen molar-refractivity contribution in [3.8, 4) is 0 Å². The molecule has 0 spiro atoms. The maximum atomic E-state index is 11.7. The minimum absolute atomic E-state index is 0.340. The summed E-state index contributed by atoms with van der Waals surface area (Å²) in [5.74, 6) is 3.38. The lowest BCUT2D eigenvalue weighted by Gasteiger charge is -2.39. The van der Waals surface area contributed by atoms with Gasteiger partial charge < -0.3 is 5.32 Å². The molecule has 1 aliphatic carbocycles. The molecule has 0 bridgehead atoms. The molecule has 0 aromatic rings. The van der Waals surface area contributed by atoms with Crippen molar-refractivity contribution in [2.75, 3.05) is 18.1 Å². The second-order valence-corrected chi connectivity index (χ2v) is 9.15. The predicted octanol–water partition coefficient (Wildman–Crippen LogP) is 2.47. The standard InChI is InChI=1S/C15H29NO2S/c1-4-16-15(13-5-6-19(17,18)10-13)14-8-11(2)7-12(3)9-14/h11-16H,4-10H2,1-3H3. The van der Waals surface area contributed by atoms with Crippen molar-refractivity contribution in [1.29, 1.82) is 0 Å². The molecule has 0 aromatic heterocycles. The Hall–Kier alpha value is -0.0900. The largest absolute Gasteiger partial charge is 0.314 e. The van der Waals surface area contributed by atoms with Gasteiger partial charge in [0.25, 0.3) is 0 Å². The summed E-state index contributed by atoms with van der Waals surface area (Å²) in [5.41, 5.74) is 0. The first-order valence-corrected chi connectivity index (χ1v) is 9.67. The van der Waals surface area contributed by atoms with Gasteiger partial charge in [-0.15, -0.1) is 0 Å². The van der Waals surface area contributed by atoms with Gasteiger partial charge in [-0.3, -0.25) is 0 Å². The van der Waals surface area contributed by atoms with Gasteiger partial charge in [-0.05, 0) is 55.9 Å². The quantitative estimate of drug-likeness (QED) is 0.864. The molecule has 2 rings (SSSR count). The van der Waals surface area contributed by atoms with Crippen molar-refractivity contribution in [2.45, 2.75) is 52.5 Å². The number of nitrogens with one attached hydrogen (secondary N) is 1. The molecule has 0 aromatic carbocycles. The van der Waals surface area contributed by atoms with Crippen LogP contribution < -0.4 is 5.32 Å². The molecule has 1 heterocycles. The van der Waals surface area contributed by atoms with E-state index >= 15 is 0 Å². The van der Waals surface area contributed by atoms with E-state index in [0.717, 1.165) is 24.8 Å². The molecule has 2 fully saturated rings. The minimum Gasteiger partial charge on any atom is -0.314 e. The minimum atomic E-state index is -2.76. The van der Waals surface area contributed by atoms with E-state index in [1.807, 2.05) is 0 Å².